The smallest absolute Gasteiger partial charge is 0.343 e. The molecule has 0 aliphatic rings. The van der Waals surface area contributed by atoms with Gasteiger partial charge in [0.1, 0.15) is 5.75 Å². The lowest BCUT2D eigenvalue weighted by molar-refractivity contribution is 0.0734. The minimum atomic E-state index is -0.401. The summed E-state index contributed by atoms with van der Waals surface area (Å²) in [5.41, 5.74) is 1.67. The molecule has 0 heterocycles. The van der Waals surface area contributed by atoms with Gasteiger partial charge in [0.15, 0.2) is 0 Å². The van der Waals surface area contributed by atoms with Gasteiger partial charge in [0, 0.05) is 11.3 Å². The fourth-order valence-corrected chi connectivity index (χ4v) is 1.92. The van der Waals surface area contributed by atoms with E-state index in [-0.39, 0.29) is 0 Å². The minimum Gasteiger partial charge on any atom is -0.422 e. The maximum Gasteiger partial charge on any atom is 0.343 e. The van der Waals surface area contributed by atoms with E-state index < -0.39 is 5.97 Å². The third-order valence-corrected chi connectivity index (χ3v) is 2.92. The van der Waals surface area contributed by atoms with Crippen molar-refractivity contribution in [2.24, 2.45) is 0 Å². The molecule has 20 heavy (non-hydrogen) atoms. The summed E-state index contributed by atoms with van der Waals surface area (Å²) in [7, 11) is 0. The Morgan fingerprint density at radius 2 is 1.70 bits per heavy atom. The monoisotopic (exact) mass is 267 g/mol. The number of nitrogens with one attached hydrogen (secondary N) is 1. The molecule has 0 amide bonds. The summed E-state index contributed by atoms with van der Waals surface area (Å²) in [4.78, 5) is 12.1. The molecule has 3 heteroatoms. The summed E-state index contributed by atoms with van der Waals surface area (Å²) >= 11 is 0. The number of para-hydroxylation sites is 1. The SMILES string of the molecule is CCCC(=N)c1ccccc1OC(=O)c1ccccc1. The summed E-state index contributed by atoms with van der Waals surface area (Å²) in [6, 6.07) is 16.0. The molecule has 0 fully saturated rings. The highest BCUT2D eigenvalue weighted by molar-refractivity contribution is 6.02. The number of hydrogen-bond donors (Lipinski definition) is 1. The zero-order valence-electron chi connectivity index (χ0n) is 11.4. The van der Waals surface area contributed by atoms with Crippen LogP contribution in [-0.2, 0) is 0 Å². The van der Waals surface area contributed by atoms with Gasteiger partial charge in [0.05, 0.1) is 5.56 Å². The summed E-state index contributed by atoms with van der Waals surface area (Å²) < 4.78 is 5.42. The van der Waals surface area contributed by atoms with Gasteiger partial charge in [-0.3, -0.25) is 0 Å². The van der Waals surface area contributed by atoms with Crippen LogP contribution in [0.15, 0.2) is 54.6 Å². The van der Waals surface area contributed by atoms with Crippen molar-refractivity contribution in [2.45, 2.75) is 19.8 Å². The molecule has 0 saturated carbocycles. The van der Waals surface area contributed by atoms with Crippen LogP contribution in [0.25, 0.3) is 0 Å². The van der Waals surface area contributed by atoms with Gasteiger partial charge >= 0.3 is 5.97 Å². The first kappa shape index (κ1) is 14.0. The molecule has 102 valence electrons. The molecular weight excluding hydrogens is 250 g/mol. The molecule has 2 rings (SSSR count). The van der Waals surface area contributed by atoms with Gasteiger partial charge in [0.25, 0.3) is 0 Å². The van der Waals surface area contributed by atoms with Gasteiger partial charge in [-0.2, -0.15) is 0 Å². The molecule has 0 aromatic heterocycles. The van der Waals surface area contributed by atoms with E-state index in [4.69, 9.17) is 10.1 Å². The molecule has 0 atom stereocenters. The molecule has 2 aromatic rings. The van der Waals surface area contributed by atoms with Crippen molar-refractivity contribution < 1.29 is 9.53 Å². The van der Waals surface area contributed by atoms with Crippen molar-refractivity contribution >= 4 is 11.7 Å². The van der Waals surface area contributed by atoms with E-state index in [1.807, 2.05) is 25.1 Å². The van der Waals surface area contributed by atoms with Gasteiger partial charge in [-0.05, 0) is 30.7 Å². The topological polar surface area (TPSA) is 50.1 Å². The van der Waals surface area contributed by atoms with Crippen molar-refractivity contribution in [1.82, 2.24) is 0 Å². The van der Waals surface area contributed by atoms with Crippen LogP contribution in [0.2, 0.25) is 0 Å². The molecule has 0 aliphatic carbocycles. The summed E-state index contributed by atoms with van der Waals surface area (Å²) in [5, 5.41) is 8.03. The van der Waals surface area contributed by atoms with Gasteiger partial charge in [-0.25, -0.2) is 4.79 Å². The van der Waals surface area contributed by atoms with Crippen LogP contribution >= 0.6 is 0 Å². The van der Waals surface area contributed by atoms with E-state index in [1.54, 1.807) is 36.4 Å². The summed E-state index contributed by atoms with van der Waals surface area (Å²) in [5.74, 6) is 0.0437. The molecule has 0 unspecified atom stereocenters. The van der Waals surface area contributed by atoms with Crippen LogP contribution in [0.5, 0.6) is 5.75 Å². The van der Waals surface area contributed by atoms with E-state index in [9.17, 15) is 4.79 Å². The Morgan fingerprint density at radius 3 is 2.40 bits per heavy atom. The van der Waals surface area contributed by atoms with Crippen LogP contribution < -0.4 is 4.74 Å². The molecule has 0 spiro atoms. The number of rotatable bonds is 5. The van der Waals surface area contributed by atoms with Gasteiger partial charge < -0.3 is 10.1 Å². The van der Waals surface area contributed by atoms with Crippen LogP contribution in [0.4, 0.5) is 0 Å². The predicted octanol–water partition coefficient (Wildman–Crippen LogP) is 4.07. The maximum atomic E-state index is 12.1. The van der Waals surface area contributed by atoms with E-state index in [1.165, 1.54) is 0 Å². The number of esters is 1. The molecule has 1 N–H and O–H groups in total. The molecule has 0 radical (unpaired) electrons. The highest BCUT2D eigenvalue weighted by Gasteiger charge is 2.13. The lowest BCUT2D eigenvalue weighted by atomic mass is 10.1. The average molecular weight is 267 g/mol. The third-order valence-electron chi connectivity index (χ3n) is 2.92. The molecule has 0 saturated heterocycles. The quantitative estimate of drug-likeness (QED) is 0.504. The Labute approximate surface area is 118 Å². The number of benzene rings is 2. The minimum absolute atomic E-state index is 0.401. The zero-order chi connectivity index (χ0) is 14.4. The standard InChI is InChI=1S/C17H17NO2/c1-2-8-15(18)14-11-6-7-12-16(14)20-17(19)13-9-4-3-5-10-13/h3-7,9-12,18H,2,8H2,1H3. The normalized spacial score (nSPS) is 10.1. The van der Waals surface area contributed by atoms with Crippen molar-refractivity contribution in [2.75, 3.05) is 0 Å². The Balaban J connectivity index is 2.21. The van der Waals surface area contributed by atoms with Crippen LogP contribution in [0.1, 0.15) is 35.7 Å². The second-order valence-electron chi connectivity index (χ2n) is 4.48. The highest BCUT2D eigenvalue weighted by atomic mass is 16.5. The number of carbonyl (C=O) groups is 1. The second-order valence-corrected chi connectivity index (χ2v) is 4.48. The molecule has 0 aliphatic heterocycles. The van der Waals surface area contributed by atoms with Crippen LogP contribution in [-0.4, -0.2) is 11.7 Å². The maximum absolute atomic E-state index is 12.1. The lowest BCUT2D eigenvalue weighted by Gasteiger charge is -2.10. The first-order chi connectivity index (χ1) is 9.72. The van der Waals surface area contributed by atoms with Crippen LogP contribution in [0, 0.1) is 5.41 Å². The number of carbonyl (C=O) groups excluding carboxylic acids is 1. The second kappa shape index (κ2) is 6.66. The fraction of sp³-hybridized carbons (Fsp3) is 0.176. The van der Waals surface area contributed by atoms with Gasteiger partial charge in [-0.15, -0.1) is 0 Å². The van der Waals surface area contributed by atoms with E-state index in [0.29, 0.717) is 29.0 Å². The summed E-state index contributed by atoms with van der Waals surface area (Å²) in [6.07, 6.45) is 1.56. The molecule has 2 aromatic carbocycles. The third kappa shape index (κ3) is 3.32. The molecule has 3 nitrogen and oxygen atoms in total. The van der Waals surface area contributed by atoms with Gasteiger partial charge in [0.2, 0.25) is 0 Å². The highest BCUT2D eigenvalue weighted by Crippen LogP contribution is 2.21. The van der Waals surface area contributed by atoms with E-state index in [0.717, 1.165) is 6.42 Å². The van der Waals surface area contributed by atoms with E-state index in [2.05, 4.69) is 0 Å². The predicted molar refractivity (Wildman–Crippen MR) is 79.6 cm³/mol. The fourth-order valence-electron chi connectivity index (χ4n) is 1.92. The van der Waals surface area contributed by atoms with Crippen molar-refractivity contribution in [3.8, 4) is 5.75 Å². The zero-order valence-corrected chi connectivity index (χ0v) is 11.4. The Hall–Kier alpha value is -2.42. The lowest BCUT2D eigenvalue weighted by Crippen LogP contribution is -2.11. The van der Waals surface area contributed by atoms with E-state index >= 15 is 0 Å². The van der Waals surface area contributed by atoms with Crippen molar-refractivity contribution in [1.29, 1.82) is 5.41 Å². The first-order valence-electron chi connectivity index (χ1n) is 6.66. The Bertz CT molecular complexity index is 605. The number of hydrogen-bond acceptors (Lipinski definition) is 3. The average Bonchev–Trinajstić information content (AvgIpc) is 2.49. The largest absolute Gasteiger partial charge is 0.422 e. The Kier molecular flexibility index (Phi) is 4.66. The van der Waals surface area contributed by atoms with Crippen molar-refractivity contribution in [3.63, 3.8) is 0 Å². The van der Waals surface area contributed by atoms with Gasteiger partial charge in [-0.1, -0.05) is 43.7 Å². The number of ether oxygens (including phenoxy) is 1. The Morgan fingerprint density at radius 1 is 1.05 bits per heavy atom. The molecular formula is C17H17NO2. The van der Waals surface area contributed by atoms with Crippen molar-refractivity contribution in [3.05, 3.63) is 65.7 Å². The molecule has 0 bridgehead atoms. The summed E-state index contributed by atoms with van der Waals surface area (Å²) in [6.45, 7) is 2.02. The van der Waals surface area contributed by atoms with Crippen LogP contribution in [0.3, 0.4) is 0 Å². The first-order valence-corrected chi connectivity index (χ1v) is 6.66.